The average Bonchev–Trinajstić information content (AvgIpc) is 2.54. The zero-order valence-electron chi connectivity index (χ0n) is 12.4. The molecule has 132 valence electrons. The van der Waals surface area contributed by atoms with E-state index >= 15 is 0 Å². The van der Waals surface area contributed by atoms with Crippen molar-refractivity contribution in [1.82, 2.24) is 4.98 Å². The summed E-state index contributed by atoms with van der Waals surface area (Å²) in [7, 11) is -3.82. The van der Waals surface area contributed by atoms with E-state index < -0.39 is 28.5 Å². The SMILES string of the molecule is NS(=O)(=O)c1ccc(NC(=O)COC(=O)c2nc(Cl)ccc2Cl)cc1. The van der Waals surface area contributed by atoms with Crippen LogP contribution in [0.1, 0.15) is 10.5 Å². The molecular formula is C14H11Cl2N3O5S. The number of carbonyl (C=O) groups is 2. The molecule has 0 spiro atoms. The molecule has 2 rings (SSSR count). The zero-order chi connectivity index (χ0) is 18.6. The fraction of sp³-hybridized carbons (Fsp3) is 0.0714. The lowest BCUT2D eigenvalue weighted by molar-refractivity contribution is -0.119. The fourth-order valence-corrected chi connectivity index (χ4v) is 2.53. The Balaban J connectivity index is 1.94. The quantitative estimate of drug-likeness (QED) is 0.578. The second-order valence-electron chi connectivity index (χ2n) is 4.66. The second kappa shape index (κ2) is 7.79. The maximum absolute atomic E-state index is 11.8. The highest BCUT2D eigenvalue weighted by Crippen LogP contribution is 2.18. The number of carbonyl (C=O) groups excluding carboxylic acids is 2. The summed E-state index contributed by atoms with van der Waals surface area (Å²) in [6.45, 7) is -0.597. The summed E-state index contributed by atoms with van der Waals surface area (Å²) in [5.41, 5.74) is 0.0897. The molecule has 11 heteroatoms. The summed E-state index contributed by atoms with van der Waals surface area (Å²) in [6.07, 6.45) is 0. The number of nitrogens with zero attached hydrogens (tertiary/aromatic N) is 1. The van der Waals surface area contributed by atoms with Gasteiger partial charge in [-0.25, -0.2) is 23.3 Å². The number of esters is 1. The van der Waals surface area contributed by atoms with Crippen molar-refractivity contribution >= 4 is 50.8 Å². The van der Waals surface area contributed by atoms with Gasteiger partial charge in [0.1, 0.15) is 5.15 Å². The molecule has 0 bridgehead atoms. The summed E-state index contributed by atoms with van der Waals surface area (Å²) in [4.78, 5) is 27.2. The fourth-order valence-electron chi connectivity index (χ4n) is 1.69. The smallest absolute Gasteiger partial charge is 0.359 e. The Morgan fingerprint density at radius 3 is 2.36 bits per heavy atom. The summed E-state index contributed by atoms with van der Waals surface area (Å²) in [6, 6.07) is 7.92. The number of nitrogens with one attached hydrogen (secondary N) is 1. The molecule has 0 saturated carbocycles. The van der Waals surface area contributed by atoms with E-state index in [2.05, 4.69) is 10.3 Å². The third kappa shape index (κ3) is 5.40. The predicted octanol–water partition coefficient (Wildman–Crippen LogP) is 1.83. The molecule has 0 atom stereocenters. The van der Waals surface area contributed by atoms with Gasteiger partial charge in [-0.1, -0.05) is 23.2 Å². The van der Waals surface area contributed by atoms with Crippen molar-refractivity contribution in [3.8, 4) is 0 Å². The number of hydrogen-bond donors (Lipinski definition) is 2. The van der Waals surface area contributed by atoms with Gasteiger partial charge in [0.15, 0.2) is 12.3 Å². The van der Waals surface area contributed by atoms with Crippen LogP contribution in [0.2, 0.25) is 10.2 Å². The van der Waals surface area contributed by atoms with Crippen molar-refractivity contribution in [2.75, 3.05) is 11.9 Å². The van der Waals surface area contributed by atoms with E-state index in [4.69, 9.17) is 33.1 Å². The molecule has 1 heterocycles. The first-order valence-corrected chi connectivity index (χ1v) is 8.89. The van der Waals surface area contributed by atoms with Crippen LogP contribution in [0.4, 0.5) is 5.69 Å². The van der Waals surface area contributed by atoms with Crippen LogP contribution in [-0.2, 0) is 19.6 Å². The number of primary sulfonamides is 1. The van der Waals surface area contributed by atoms with E-state index in [1.807, 2.05) is 0 Å². The Bertz CT molecular complexity index is 917. The maximum Gasteiger partial charge on any atom is 0.359 e. The molecule has 0 saturated heterocycles. The minimum atomic E-state index is -3.82. The molecule has 2 aromatic rings. The molecule has 1 amide bonds. The van der Waals surface area contributed by atoms with Gasteiger partial charge < -0.3 is 10.1 Å². The highest BCUT2D eigenvalue weighted by Gasteiger charge is 2.16. The molecule has 0 aliphatic rings. The number of hydrogen-bond acceptors (Lipinski definition) is 6. The summed E-state index contributed by atoms with van der Waals surface area (Å²) < 4.78 is 27.1. The Kier molecular flexibility index (Phi) is 5.96. The van der Waals surface area contributed by atoms with Gasteiger partial charge in [0, 0.05) is 5.69 Å². The topological polar surface area (TPSA) is 128 Å². The lowest BCUT2D eigenvalue weighted by Crippen LogP contribution is -2.21. The number of pyridine rings is 1. The van der Waals surface area contributed by atoms with Gasteiger partial charge in [0.25, 0.3) is 5.91 Å². The van der Waals surface area contributed by atoms with Crippen molar-refractivity contribution in [2.24, 2.45) is 5.14 Å². The number of halogens is 2. The normalized spacial score (nSPS) is 11.0. The van der Waals surface area contributed by atoms with E-state index in [9.17, 15) is 18.0 Å². The minimum absolute atomic E-state index is 0.0355. The van der Waals surface area contributed by atoms with Gasteiger partial charge in [0.2, 0.25) is 10.0 Å². The first-order valence-electron chi connectivity index (χ1n) is 6.58. The lowest BCUT2D eigenvalue weighted by Gasteiger charge is -2.07. The van der Waals surface area contributed by atoms with Crippen LogP contribution >= 0.6 is 23.2 Å². The van der Waals surface area contributed by atoms with Gasteiger partial charge in [-0.15, -0.1) is 0 Å². The molecule has 0 radical (unpaired) electrons. The van der Waals surface area contributed by atoms with Crippen LogP contribution in [0.15, 0.2) is 41.3 Å². The molecule has 1 aromatic heterocycles. The van der Waals surface area contributed by atoms with Crippen LogP contribution in [-0.4, -0.2) is 31.9 Å². The monoisotopic (exact) mass is 403 g/mol. The van der Waals surface area contributed by atoms with Crippen LogP contribution < -0.4 is 10.5 Å². The first-order chi connectivity index (χ1) is 11.7. The lowest BCUT2D eigenvalue weighted by atomic mass is 10.3. The van der Waals surface area contributed by atoms with E-state index in [-0.39, 0.29) is 20.8 Å². The van der Waals surface area contributed by atoms with Gasteiger partial charge in [-0.05, 0) is 36.4 Å². The number of amides is 1. The molecule has 3 N–H and O–H groups in total. The Labute approximate surface area is 152 Å². The zero-order valence-corrected chi connectivity index (χ0v) is 14.7. The molecule has 8 nitrogen and oxygen atoms in total. The van der Waals surface area contributed by atoms with Gasteiger partial charge in [-0.2, -0.15) is 0 Å². The molecule has 1 aromatic carbocycles. The Hall–Kier alpha value is -2.20. The Morgan fingerprint density at radius 2 is 1.76 bits per heavy atom. The number of ether oxygens (including phenoxy) is 1. The molecule has 25 heavy (non-hydrogen) atoms. The second-order valence-corrected chi connectivity index (χ2v) is 7.01. The third-order valence-electron chi connectivity index (χ3n) is 2.81. The van der Waals surface area contributed by atoms with Gasteiger partial charge in [-0.3, -0.25) is 4.79 Å². The standard InChI is InChI=1S/C14H11Cl2N3O5S/c15-10-5-6-11(16)19-13(10)14(21)24-7-12(20)18-8-1-3-9(4-2-8)25(17,22)23/h1-6H,7H2,(H,18,20)(H2,17,22,23). The number of anilines is 1. The van der Waals surface area contributed by atoms with E-state index in [1.165, 1.54) is 36.4 Å². The first kappa shape index (κ1) is 19.1. The maximum atomic E-state index is 11.8. The number of benzene rings is 1. The van der Waals surface area contributed by atoms with Crippen molar-refractivity contribution in [3.63, 3.8) is 0 Å². The van der Waals surface area contributed by atoms with Gasteiger partial charge in [0.05, 0.1) is 9.92 Å². The molecule has 0 aliphatic carbocycles. The van der Waals surface area contributed by atoms with Crippen LogP contribution in [0.3, 0.4) is 0 Å². The van der Waals surface area contributed by atoms with Crippen LogP contribution in [0.25, 0.3) is 0 Å². The Morgan fingerprint density at radius 1 is 1.12 bits per heavy atom. The molecule has 0 unspecified atom stereocenters. The summed E-state index contributed by atoms with van der Waals surface area (Å²) in [5, 5.41) is 7.48. The van der Waals surface area contributed by atoms with Crippen molar-refractivity contribution in [2.45, 2.75) is 4.90 Å². The summed E-state index contributed by atoms with van der Waals surface area (Å²) in [5.74, 6) is -1.55. The van der Waals surface area contributed by atoms with E-state index in [1.54, 1.807) is 0 Å². The van der Waals surface area contributed by atoms with Crippen molar-refractivity contribution in [1.29, 1.82) is 0 Å². The largest absolute Gasteiger partial charge is 0.451 e. The number of rotatable bonds is 5. The highest BCUT2D eigenvalue weighted by molar-refractivity contribution is 7.89. The van der Waals surface area contributed by atoms with E-state index in [0.717, 1.165) is 0 Å². The highest BCUT2D eigenvalue weighted by atomic mass is 35.5. The molecule has 0 aliphatic heterocycles. The number of aromatic nitrogens is 1. The average molecular weight is 404 g/mol. The van der Waals surface area contributed by atoms with Gasteiger partial charge >= 0.3 is 5.97 Å². The number of sulfonamides is 1. The molecule has 0 fully saturated rings. The van der Waals surface area contributed by atoms with Crippen LogP contribution in [0.5, 0.6) is 0 Å². The van der Waals surface area contributed by atoms with E-state index in [0.29, 0.717) is 5.69 Å². The summed E-state index contributed by atoms with van der Waals surface area (Å²) >= 11 is 11.5. The third-order valence-corrected chi connectivity index (χ3v) is 4.25. The van der Waals surface area contributed by atoms with Crippen molar-refractivity contribution in [3.05, 3.63) is 52.3 Å². The minimum Gasteiger partial charge on any atom is -0.451 e. The number of nitrogens with two attached hydrogens (primary N) is 1. The van der Waals surface area contributed by atoms with Crippen LogP contribution in [0, 0.1) is 0 Å². The predicted molar refractivity (Wildman–Crippen MR) is 91.0 cm³/mol. The molecular weight excluding hydrogens is 393 g/mol. The van der Waals surface area contributed by atoms with Crippen molar-refractivity contribution < 1.29 is 22.7 Å².